The van der Waals surface area contributed by atoms with E-state index in [1.807, 2.05) is 18.2 Å². The Kier molecular flexibility index (Phi) is 4.25. The molecule has 0 unspecified atom stereocenters. The van der Waals surface area contributed by atoms with Crippen molar-refractivity contribution in [3.63, 3.8) is 0 Å². The van der Waals surface area contributed by atoms with Gasteiger partial charge >= 0.3 is 0 Å². The minimum Gasteiger partial charge on any atom is -0.497 e. The third-order valence-corrected chi connectivity index (χ3v) is 7.86. The SMILES string of the molecule is COc1ccc2c(c1)N(OC)C(=O)[C@@]21C[C@@H]2N[C@](CO)([C@@H](C)O)[C@H]3C[C@H]1OC[C@H]23. The lowest BCUT2D eigenvalue weighted by Crippen LogP contribution is -2.62. The predicted octanol–water partition coefficient (Wildman–Crippen LogP) is 0.350. The number of ether oxygens (including phenoxy) is 2. The largest absolute Gasteiger partial charge is 0.497 e. The highest BCUT2D eigenvalue weighted by atomic mass is 16.7. The number of hydroxylamine groups is 1. The second-order valence-electron chi connectivity index (χ2n) is 8.79. The summed E-state index contributed by atoms with van der Waals surface area (Å²) in [6.07, 6.45) is 0.0733. The molecule has 4 bridgehead atoms. The van der Waals surface area contributed by atoms with E-state index in [1.165, 1.54) is 12.2 Å². The van der Waals surface area contributed by atoms with Crippen LogP contribution in [0.25, 0.3) is 0 Å². The van der Waals surface area contributed by atoms with Gasteiger partial charge in [-0.2, -0.15) is 5.06 Å². The predicted molar refractivity (Wildman–Crippen MR) is 104 cm³/mol. The monoisotopic (exact) mass is 404 g/mol. The smallest absolute Gasteiger partial charge is 0.264 e. The number of nitrogens with one attached hydrogen (secondary N) is 1. The van der Waals surface area contributed by atoms with E-state index in [4.69, 9.17) is 14.3 Å². The highest BCUT2D eigenvalue weighted by molar-refractivity contribution is 6.07. The van der Waals surface area contributed by atoms with Gasteiger partial charge in [0.25, 0.3) is 5.91 Å². The van der Waals surface area contributed by atoms with Gasteiger partial charge in [0, 0.05) is 18.0 Å². The number of aliphatic hydroxyl groups is 2. The molecule has 1 aromatic rings. The van der Waals surface area contributed by atoms with E-state index in [1.54, 1.807) is 14.0 Å². The van der Waals surface area contributed by atoms with Gasteiger partial charge in [0.2, 0.25) is 0 Å². The van der Waals surface area contributed by atoms with Crippen LogP contribution in [0.3, 0.4) is 0 Å². The summed E-state index contributed by atoms with van der Waals surface area (Å²) in [5.41, 5.74) is -0.0499. The molecule has 29 heavy (non-hydrogen) atoms. The first-order valence-corrected chi connectivity index (χ1v) is 10.2. The summed E-state index contributed by atoms with van der Waals surface area (Å²) < 4.78 is 11.6. The van der Waals surface area contributed by atoms with Crippen molar-refractivity contribution in [2.24, 2.45) is 11.8 Å². The zero-order chi connectivity index (χ0) is 20.6. The lowest BCUT2D eigenvalue weighted by atomic mass is 9.68. The third-order valence-electron chi connectivity index (χ3n) is 7.86. The average molecular weight is 404 g/mol. The van der Waals surface area contributed by atoms with Gasteiger partial charge in [-0.1, -0.05) is 6.07 Å². The molecule has 6 rings (SSSR count). The Balaban J connectivity index is 1.63. The van der Waals surface area contributed by atoms with Crippen molar-refractivity contribution in [3.05, 3.63) is 23.8 Å². The molecule has 7 atom stereocenters. The minimum atomic E-state index is -0.862. The van der Waals surface area contributed by atoms with Crippen LogP contribution in [0.4, 0.5) is 5.69 Å². The van der Waals surface area contributed by atoms with E-state index in [0.717, 1.165) is 5.56 Å². The summed E-state index contributed by atoms with van der Waals surface area (Å²) in [5, 5.41) is 25.6. The lowest BCUT2D eigenvalue weighted by molar-refractivity contribution is -0.141. The standard InChI is InChI=1S/C21H28N2O6/c1-11(25)21(10-24)15-7-18-20(8-16(22-21)13(15)9-29-18)14-5-4-12(27-2)6-17(14)23(28-3)19(20)26/h4-6,11,13,15-16,18,22,24-25H,7-10H2,1-3H3/t11-,13+,15+,16+,18-,20+,21-/m1/s1. The fourth-order valence-electron chi connectivity index (χ4n) is 6.39. The Morgan fingerprint density at radius 3 is 2.86 bits per heavy atom. The van der Waals surface area contributed by atoms with Crippen molar-refractivity contribution < 1.29 is 29.3 Å². The normalized spacial score (nSPS) is 41.0. The fraction of sp³-hybridized carbons (Fsp3) is 0.667. The van der Waals surface area contributed by atoms with Crippen LogP contribution in [0.5, 0.6) is 5.75 Å². The topological polar surface area (TPSA) is 100 Å². The summed E-state index contributed by atoms with van der Waals surface area (Å²) in [4.78, 5) is 19.2. The van der Waals surface area contributed by atoms with Crippen LogP contribution >= 0.6 is 0 Å². The molecule has 1 spiro atoms. The van der Waals surface area contributed by atoms with Crippen molar-refractivity contribution in [2.75, 3.05) is 32.5 Å². The van der Waals surface area contributed by atoms with Crippen LogP contribution in [-0.2, 0) is 19.8 Å². The number of carbonyl (C=O) groups excluding carboxylic acids is 1. The second kappa shape index (κ2) is 6.39. The maximum absolute atomic E-state index is 13.7. The molecule has 8 nitrogen and oxygen atoms in total. The summed E-state index contributed by atoms with van der Waals surface area (Å²) in [6.45, 7) is 2.09. The number of fused-ring (bicyclic) bond motifs is 2. The van der Waals surface area contributed by atoms with Crippen LogP contribution < -0.4 is 15.1 Å². The summed E-state index contributed by atoms with van der Waals surface area (Å²) in [5.74, 6) is 0.692. The van der Waals surface area contributed by atoms with Crippen molar-refractivity contribution >= 4 is 11.6 Å². The molecule has 1 saturated carbocycles. The number of aliphatic hydroxyl groups excluding tert-OH is 2. The highest BCUT2D eigenvalue weighted by Gasteiger charge is 2.68. The Labute approximate surface area is 169 Å². The first kappa shape index (κ1) is 19.3. The molecule has 8 heteroatoms. The Morgan fingerprint density at radius 1 is 1.41 bits per heavy atom. The molecular weight excluding hydrogens is 376 g/mol. The number of anilines is 1. The van der Waals surface area contributed by atoms with Gasteiger partial charge in [-0.05, 0) is 37.3 Å². The number of methoxy groups -OCH3 is 1. The Morgan fingerprint density at radius 2 is 2.21 bits per heavy atom. The van der Waals surface area contributed by atoms with Gasteiger partial charge in [-0.25, -0.2) is 0 Å². The Hall–Kier alpha value is -1.71. The van der Waals surface area contributed by atoms with E-state index in [0.29, 0.717) is 30.9 Å². The molecule has 4 fully saturated rings. The molecule has 4 aliphatic heterocycles. The maximum Gasteiger partial charge on any atom is 0.264 e. The first-order valence-electron chi connectivity index (χ1n) is 10.2. The molecule has 1 amide bonds. The number of hydrogen-bond acceptors (Lipinski definition) is 7. The van der Waals surface area contributed by atoms with Crippen LogP contribution in [-0.4, -0.2) is 67.3 Å². The molecule has 0 radical (unpaired) electrons. The first-order chi connectivity index (χ1) is 13.9. The maximum atomic E-state index is 13.7. The van der Waals surface area contributed by atoms with Crippen LogP contribution in [0.15, 0.2) is 18.2 Å². The van der Waals surface area contributed by atoms with Crippen molar-refractivity contribution in [1.82, 2.24) is 5.32 Å². The number of benzene rings is 1. The van der Waals surface area contributed by atoms with Crippen LogP contribution in [0.1, 0.15) is 25.3 Å². The highest BCUT2D eigenvalue weighted by Crippen LogP contribution is 2.58. The van der Waals surface area contributed by atoms with Crippen molar-refractivity contribution in [2.45, 2.75) is 49.0 Å². The molecule has 3 N–H and O–H groups in total. The molecule has 0 aromatic heterocycles. The van der Waals surface area contributed by atoms with Gasteiger partial charge < -0.3 is 25.0 Å². The van der Waals surface area contributed by atoms with E-state index in [2.05, 4.69) is 5.32 Å². The van der Waals surface area contributed by atoms with Crippen LogP contribution in [0.2, 0.25) is 0 Å². The third kappa shape index (κ3) is 2.24. The van der Waals surface area contributed by atoms with E-state index in [9.17, 15) is 15.0 Å². The van der Waals surface area contributed by atoms with Gasteiger partial charge in [0.05, 0.1) is 50.9 Å². The number of amides is 1. The molecule has 4 heterocycles. The van der Waals surface area contributed by atoms with Gasteiger partial charge in [0.1, 0.15) is 11.2 Å². The zero-order valence-electron chi connectivity index (χ0n) is 16.9. The van der Waals surface area contributed by atoms with E-state index < -0.39 is 17.1 Å². The van der Waals surface area contributed by atoms with E-state index in [-0.39, 0.29) is 36.5 Å². The fourth-order valence-corrected chi connectivity index (χ4v) is 6.39. The molecule has 1 aromatic carbocycles. The number of nitrogens with zero attached hydrogens (tertiary/aromatic N) is 1. The molecule has 158 valence electrons. The quantitative estimate of drug-likeness (QED) is 0.666. The number of rotatable bonds is 4. The second-order valence-corrected chi connectivity index (χ2v) is 8.79. The van der Waals surface area contributed by atoms with Gasteiger partial charge in [-0.15, -0.1) is 0 Å². The lowest BCUT2D eigenvalue weighted by Gasteiger charge is -2.46. The Bertz CT molecular complexity index is 846. The average Bonchev–Trinajstić information content (AvgIpc) is 3.05. The van der Waals surface area contributed by atoms with Crippen LogP contribution in [0, 0.1) is 11.8 Å². The molecule has 5 aliphatic rings. The van der Waals surface area contributed by atoms with Crippen molar-refractivity contribution in [3.8, 4) is 5.75 Å². The van der Waals surface area contributed by atoms with Crippen molar-refractivity contribution in [1.29, 1.82) is 0 Å². The molecule has 1 aliphatic carbocycles. The minimum absolute atomic E-state index is 0.0294. The molecule has 3 saturated heterocycles. The van der Waals surface area contributed by atoms with Gasteiger partial charge in [-0.3, -0.25) is 9.63 Å². The molecular formula is C21H28N2O6. The summed E-state index contributed by atoms with van der Waals surface area (Å²) in [6, 6.07) is 5.57. The van der Waals surface area contributed by atoms with Gasteiger partial charge in [0.15, 0.2) is 0 Å². The zero-order valence-corrected chi connectivity index (χ0v) is 16.9. The summed E-state index contributed by atoms with van der Waals surface area (Å²) >= 11 is 0. The number of hydrogen-bond donors (Lipinski definition) is 3. The number of carbonyl (C=O) groups is 1. The van der Waals surface area contributed by atoms with E-state index >= 15 is 0 Å². The summed E-state index contributed by atoms with van der Waals surface area (Å²) in [7, 11) is 3.08.